The number of pyridine rings is 1. The van der Waals surface area contributed by atoms with E-state index >= 15 is 0 Å². The van der Waals surface area contributed by atoms with Crippen molar-refractivity contribution in [3.8, 4) is 11.1 Å². The van der Waals surface area contributed by atoms with Crippen molar-refractivity contribution in [2.24, 2.45) is 0 Å². The van der Waals surface area contributed by atoms with Gasteiger partial charge in [-0.05, 0) is 23.3 Å². The zero-order valence-corrected chi connectivity index (χ0v) is 9.21. The Kier molecular flexibility index (Phi) is 2.88. The first-order chi connectivity index (χ1) is 7.57. The molecule has 16 heavy (non-hydrogen) atoms. The summed E-state index contributed by atoms with van der Waals surface area (Å²) in [6.45, 7) is 0. The molecule has 0 saturated carbocycles. The molecule has 0 aliphatic heterocycles. The molecule has 1 aromatic heterocycles. The van der Waals surface area contributed by atoms with Crippen LogP contribution < -0.4 is 5.44 Å². The maximum atomic E-state index is 11.0. The molecule has 82 valence electrons. The van der Waals surface area contributed by atoms with Crippen molar-refractivity contribution < 1.29 is 14.4 Å². The molecule has 1 heterocycles. The molecule has 0 amide bonds. The van der Waals surface area contributed by atoms with Crippen molar-refractivity contribution in [2.75, 3.05) is 0 Å². The van der Waals surface area contributed by atoms with E-state index in [4.69, 9.17) is 9.79 Å². The fraction of sp³-hybridized carbons (Fsp3) is 0. The SMILES string of the molecule is O=P(O)(O)c1cc(-c2ccccc2)ccn1. The third kappa shape index (κ3) is 2.36. The molecular formula is C11H10NO3P. The van der Waals surface area contributed by atoms with E-state index in [1.54, 1.807) is 6.07 Å². The molecule has 0 aliphatic rings. The van der Waals surface area contributed by atoms with Gasteiger partial charge in [0.25, 0.3) is 0 Å². The van der Waals surface area contributed by atoms with Crippen LogP contribution >= 0.6 is 7.60 Å². The van der Waals surface area contributed by atoms with Gasteiger partial charge in [-0.1, -0.05) is 30.3 Å². The lowest BCUT2D eigenvalue weighted by atomic mass is 10.1. The molecule has 0 unspecified atom stereocenters. The summed E-state index contributed by atoms with van der Waals surface area (Å²) in [4.78, 5) is 21.7. The molecule has 0 spiro atoms. The van der Waals surface area contributed by atoms with Crippen LogP contribution in [0, 0.1) is 0 Å². The molecule has 2 aromatic rings. The first-order valence-corrected chi connectivity index (χ1v) is 6.26. The molecule has 2 N–H and O–H groups in total. The summed E-state index contributed by atoms with van der Waals surface area (Å²) in [7, 11) is -4.28. The lowest BCUT2D eigenvalue weighted by Gasteiger charge is -2.05. The van der Waals surface area contributed by atoms with Crippen molar-refractivity contribution in [1.29, 1.82) is 0 Å². The van der Waals surface area contributed by atoms with Gasteiger partial charge in [-0.2, -0.15) is 0 Å². The Hall–Kier alpha value is -1.48. The van der Waals surface area contributed by atoms with Crippen LogP contribution in [0.15, 0.2) is 48.7 Å². The Balaban J connectivity index is 2.49. The second kappa shape index (κ2) is 4.18. The third-order valence-electron chi connectivity index (χ3n) is 2.15. The summed E-state index contributed by atoms with van der Waals surface area (Å²) in [5.41, 5.74) is 1.45. The van der Waals surface area contributed by atoms with E-state index in [1.807, 2.05) is 30.3 Å². The van der Waals surface area contributed by atoms with Crippen molar-refractivity contribution in [3.05, 3.63) is 48.7 Å². The summed E-state index contributed by atoms with van der Waals surface area (Å²) >= 11 is 0. The van der Waals surface area contributed by atoms with Gasteiger partial charge in [0.2, 0.25) is 0 Å². The number of hydrogen-bond acceptors (Lipinski definition) is 2. The van der Waals surface area contributed by atoms with E-state index in [0.29, 0.717) is 0 Å². The highest BCUT2D eigenvalue weighted by atomic mass is 31.2. The van der Waals surface area contributed by atoms with Crippen LogP contribution in [0.4, 0.5) is 0 Å². The van der Waals surface area contributed by atoms with Crippen molar-refractivity contribution in [3.63, 3.8) is 0 Å². The standard InChI is InChI=1S/C11H10NO3P/c13-16(14,15)11-8-10(6-7-12-11)9-4-2-1-3-5-9/h1-8H,(H2,13,14,15). The topological polar surface area (TPSA) is 70.4 Å². The Morgan fingerprint density at radius 3 is 2.31 bits per heavy atom. The van der Waals surface area contributed by atoms with Crippen molar-refractivity contribution in [2.45, 2.75) is 0 Å². The van der Waals surface area contributed by atoms with Gasteiger partial charge in [-0.25, -0.2) is 4.98 Å². The zero-order chi connectivity index (χ0) is 11.6. The first-order valence-electron chi connectivity index (χ1n) is 4.65. The Bertz CT molecular complexity index is 536. The minimum atomic E-state index is -4.28. The third-order valence-corrected chi connectivity index (χ3v) is 2.99. The number of benzene rings is 1. The Morgan fingerprint density at radius 1 is 1.00 bits per heavy atom. The summed E-state index contributed by atoms with van der Waals surface area (Å²) in [6, 6.07) is 12.5. The van der Waals surface area contributed by atoms with E-state index in [0.717, 1.165) is 11.1 Å². The van der Waals surface area contributed by atoms with Crippen molar-refractivity contribution in [1.82, 2.24) is 4.98 Å². The van der Waals surface area contributed by atoms with E-state index in [9.17, 15) is 4.57 Å². The van der Waals surface area contributed by atoms with Crippen LogP contribution in [-0.4, -0.2) is 14.8 Å². The van der Waals surface area contributed by atoms with Crippen molar-refractivity contribution >= 4 is 13.0 Å². The van der Waals surface area contributed by atoms with Gasteiger partial charge in [0.1, 0.15) is 0 Å². The molecule has 0 atom stereocenters. The van der Waals surface area contributed by atoms with E-state index in [1.165, 1.54) is 12.3 Å². The minimum absolute atomic E-state index is 0.200. The molecule has 0 radical (unpaired) electrons. The molecule has 1 aromatic carbocycles. The predicted octanol–water partition coefficient (Wildman–Crippen LogP) is 1.55. The fourth-order valence-electron chi connectivity index (χ4n) is 1.39. The van der Waals surface area contributed by atoms with Gasteiger partial charge < -0.3 is 9.79 Å². The first kappa shape index (κ1) is 11.0. The number of hydrogen-bond donors (Lipinski definition) is 2. The number of nitrogens with zero attached hydrogens (tertiary/aromatic N) is 1. The highest BCUT2D eigenvalue weighted by molar-refractivity contribution is 7.60. The van der Waals surface area contributed by atoms with Crippen LogP contribution in [0.5, 0.6) is 0 Å². The summed E-state index contributed by atoms with van der Waals surface area (Å²) in [5, 5.41) is 0. The summed E-state index contributed by atoms with van der Waals surface area (Å²) in [5.74, 6) is 0. The lowest BCUT2D eigenvalue weighted by Crippen LogP contribution is -2.08. The van der Waals surface area contributed by atoms with Gasteiger partial charge in [0, 0.05) is 6.20 Å². The largest absolute Gasteiger partial charge is 0.374 e. The number of rotatable bonds is 2. The zero-order valence-electron chi connectivity index (χ0n) is 8.32. The van der Waals surface area contributed by atoms with Gasteiger partial charge in [0.05, 0.1) is 0 Å². The molecule has 2 rings (SSSR count). The summed E-state index contributed by atoms with van der Waals surface area (Å²) < 4.78 is 11.0. The normalized spacial score (nSPS) is 11.4. The van der Waals surface area contributed by atoms with Crippen LogP contribution in [0.2, 0.25) is 0 Å². The average Bonchev–Trinajstić information content (AvgIpc) is 2.29. The predicted molar refractivity (Wildman–Crippen MR) is 61.4 cm³/mol. The van der Waals surface area contributed by atoms with Crippen LogP contribution in [0.1, 0.15) is 0 Å². The fourth-order valence-corrected chi connectivity index (χ4v) is 1.91. The monoisotopic (exact) mass is 235 g/mol. The maximum absolute atomic E-state index is 11.0. The highest BCUT2D eigenvalue weighted by Crippen LogP contribution is 2.33. The van der Waals surface area contributed by atoms with Crippen LogP contribution in [-0.2, 0) is 4.57 Å². The molecule has 0 fully saturated rings. The van der Waals surface area contributed by atoms with Crippen LogP contribution in [0.25, 0.3) is 11.1 Å². The molecule has 0 saturated heterocycles. The second-order valence-corrected chi connectivity index (χ2v) is 4.86. The molecular weight excluding hydrogens is 225 g/mol. The Labute approximate surface area is 92.8 Å². The highest BCUT2D eigenvalue weighted by Gasteiger charge is 2.19. The van der Waals surface area contributed by atoms with E-state index < -0.39 is 7.60 Å². The second-order valence-electron chi connectivity index (χ2n) is 3.31. The quantitative estimate of drug-likeness (QED) is 0.775. The number of aromatic nitrogens is 1. The molecule has 5 heteroatoms. The van der Waals surface area contributed by atoms with Crippen LogP contribution in [0.3, 0.4) is 0 Å². The van der Waals surface area contributed by atoms with Gasteiger partial charge >= 0.3 is 7.60 Å². The minimum Gasteiger partial charge on any atom is -0.320 e. The van der Waals surface area contributed by atoms with Gasteiger partial charge in [-0.15, -0.1) is 0 Å². The van der Waals surface area contributed by atoms with Gasteiger partial charge in [0.15, 0.2) is 5.44 Å². The summed E-state index contributed by atoms with van der Waals surface area (Å²) in [6.07, 6.45) is 1.40. The lowest BCUT2D eigenvalue weighted by molar-refractivity contribution is 0.386. The average molecular weight is 235 g/mol. The maximum Gasteiger partial charge on any atom is 0.374 e. The Morgan fingerprint density at radius 2 is 1.69 bits per heavy atom. The smallest absolute Gasteiger partial charge is 0.320 e. The molecule has 4 nitrogen and oxygen atoms in total. The van der Waals surface area contributed by atoms with E-state index in [2.05, 4.69) is 4.98 Å². The van der Waals surface area contributed by atoms with E-state index in [-0.39, 0.29) is 5.44 Å². The molecule has 0 bridgehead atoms. The molecule has 0 aliphatic carbocycles. The van der Waals surface area contributed by atoms with Gasteiger partial charge in [-0.3, -0.25) is 4.57 Å².